The van der Waals surface area contributed by atoms with Crippen molar-refractivity contribution >= 4 is 23.2 Å². The average Bonchev–Trinajstić information content (AvgIpc) is 2.89. The fourth-order valence-electron chi connectivity index (χ4n) is 2.20. The maximum atomic E-state index is 14.0. The van der Waals surface area contributed by atoms with Gasteiger partial charge in [-0.1, -0.05) is 25.4 Å². The van der Waals surface area contributed by atoms with Gasteiger partial charge in [-0.05, 0) is 12.8 Å². The first-order chi connectivity index (χ1) is 11.8. The lowest BCUT2D eigenvalue weighted by molar-refractivity contribution is 0.546. The van der Waals surface area contributed by atoms with E-state index < -0.39 is 23.0 Å². The number of anilines is 1. The van der Waals surface area contributed by atoms with Gasteiger partial charge in [0.25, 0.3) is 5.78 Å². The zero-order chi connectivity index (χ0) is 18.3. The zero-order valence-electron chi connectivity index (χ0n) is 13.7. The highest BCUT2D eigenvalue weighted by atomic mass is 35.5. The summed E-state index contributed by atoms with van der Waals surface area (Å²) in [7, 11) is 0. The zero-order valence-corrected chi connectivity index (χ0v) is 14.4. The molecular formula is C16H15ClF3N5. The Morgan fingerprint density at radius 1 is 1.04 bits per heavy atom. The first kappa shape index (κ1) is 17.5. The number of halogens is 4. The van der Waals surface area contributed by atoms with Gasteiger partial charge in [-0.15, -0.1) is 5.10 Å². The van der Waals surface area contributed by atoms with Crippen molar-refractivity contribution in [2.75, 3.05) is 5.32 Å². The molecule has 0 radical (unpaired) electrons. The predicted molar refractivity (Wildman–Crippen MR) is 89.0 cm³/mol. The number of rotatable bonds is 4. The highest BCUT2D eigenvalue weighted by Gasteiger charge is 2.20. The molecule has 1 N–H and O–H groups in total. The lowest BCUT2D eigenvalue weighted by atomic mass is 10.1. The van der Waals surface area contributed by atoms with Crippen LogP contribution in [0.5, 0.6) is 0 Å². The van der Waals surface area contributed by atoms with E-state index in [1.54, 1.807) is 6.07 Å². The molecule has 3 aromatic rings. The van der Waals surface area contributed by atoms with E-state index >= 15 is 0 Å². The number of benzene rings is 1. The SMILES string of the molecule is CC(C)[C@@H](C)Nc1cc(Cl)nc2nc(-c3c(F)cc(F)cc3F)nn12. The second-order valence-corrected chi connectivity index (χ2v) is 6.42. The highest BCUT2D eigenvalue weighted by molar-refractivity contribution is 6.29. The first-order valence-corrected chi connectivity index (χ1v) is 7.99. The molecule has 0 saturated heterocycles. The van der Waals surface area contributed by atoms with Crippen molar-refractivity contribution in [2.45, 2.75) is 26.8 Å². The minimum absolute atomic E-state index is 0.0732. The molecule has 0 aliphatic carbocycles. The van der Waals surface area contributed by atoms with Crippen molar-refractivity contribution in [1.82, 2.24) is 19.6 Å². The molecule has 3 rings (SSSR count). The molecule has 9 heteroatoms. The summed E-state index contributed by atoms with van der Waals surface area (Å²) in [6.07, 6.45) is 0. The van der Waals surface area contributed by atoms with Gasteiger partial charge in [0.15, 0.2) is 5.82 Å². The Kier molecular flexibility index (Phi) is 4.55. The van der Waals surface area contributed by atoms with E-state index in [9.17, 15) is 13.2 Å². The van der Waals surface area contributed by atoms with Crippen LogP contribution < -0.4 is 5.32 Å². The molecule has 5 nitrogen and oxygen atoms in total. The normalized spacial score (nSPS) is 12.8. The molecule has 0 saturated carbocycles. The Bertz CT molecular complexity index is 918. The van der Waals surface area contributed by atoms with Crippen LogP contribution in [0.1, 0.15) is 20.8 Å². The summed E-state index contributed by atoms with van der Waals surface area (Å²) in [4.78, 5) is 8.03. The minimum atomic E-state index is -1.09. The number of hydrogen-bond donors (Lipinski definition) is 1. The van der Waals surface area contributed by atoms with Crippen LogP contribution in [0.2, 0.25) is 5.15 Å². The van der Waals surface area contributed by atoms with Crippen molar-refractivity contribution in [1.29, 1.82) is 0 Å². The topological polar surface area (TPSA) is 55.1 Å². The Balaban J connectivity index is 2.15. The fourth-order valence-corrected chi connectivity index (χ4v) is 2.38. The molecule has 0 unspecified atom stereocenters. The summed E-state index contributed by atoms with van der Waals surface area (Å²) in [5.74, 6) is -2.57. The van der Waals surface area contributed by atoms with Gasteiger partial charge in [0.2, 0.25) is 0 Å². The van der Waals surface area contributed by atoms with Crippen LogP contribution in [0, 0.1) is 23.4 Å². The van der Waals surface area contributed by atoms with Crippen LogP contribution in [0.25, 0.3) is 17.2 Å². The van der Waals surface area contributed by atoms with Crippen molar-refractivity contribution < 1.29 is 13.2 Å². The van der Waals surface area contributed by atoms with Crippen LogP contribution in [-0.4, -0.2) is 25.6 Å². The Morgan fingerprint density at radius 3 is 2.28 bits per heavy atom. The number of hydrogen-bond acceptors (Lipinski definition) is 4. The summed E-state index contributed by atoms with van der Waals surface area (Å²) < 4.78 is 42.4. The molecule has 0 amide bonds. The molecule has 1 atom stereocenters. The lowest BCUT2D eigenvalue weighted by Crippen LogP contribution is -2.23. The van der Waals surface area contributed by atoms with Crippen molar-refractivity contribution in [2.24, 2.45) is 5.92 Å². The molecule has 0 aliphatic rings. The fraction of sp³-hybridized carbons (Fsp3) is 0.312. The average molecular weight is 370 g/mol. The third kappa shape index (κ3) is 3.39. The van der Waals surface area contributed by atoms with Gasteiger partial charge < -0.3 is 5.32 Å². The quantitative estimate of drug-likeness (QED) is 0.696. The molecule has 0 fully saturated rings. The van der Waals surface area contributed by atoms with E-state index in [-0.39, 0.29) is 22.8 Å². The predicted octanol–water partition coefficient (Wildman–Crippen LogP) is 4.32. The Morgan fingerprint density at radius 2 is 1.68 bits per heavy atom. The number of fused-ring (bicyclic) bond motifs is 1. The molecule has 0 spiro atoms. The molecular weight excluding hydrogens is 355 g/mol. The van der Waals surface area contributed by atoms with Gasteiger partial charge in [0.05, 0.1) is 5.56 Å². The van der Waals surface area contributed by atoms with Crippen LogP contribution in [0.3, 0.4) is 0 Å². The van der Waals surface area contributed by atoms with Crippen LogP contribution in [-0.2, 0) is 0 Å². The summed E-state index contributed by atoms with van der Waals surface area (Å²) in [5.41, 5.74) is -0.522. The van der Waals surface area contributed by atoms with Gasteiger partial charge in [-0.2, -0.15) is 14.5 Å². The Labute approximate surface area is 146 Å². The van der Waals surface area contributed by atoms with Crippen LogP contribution in [0.4, 0.5) is 19.0 Å². The van der Waals surface area contributed by atoms with E-state index in [4.69, 9.17) is 11.6 Å². The van der Waals surface area contributed by atoms with E-state index in [0.717, 1.165) is 0 Å². The lowest BCUT2D eigenvalue weighted by Gasteiger charge is -2.18. The molecule has 0 aliphatic heterocycles. The second kappa shape index (κ2) is 6.51. The summed E-state index contributed by atoms with van der Waals surface area (Å²) in [6, 6.07) is 2.77. The molecule has 25 heavy (non-hydrogen) atoms. The smallest absolute Gasteiger partial charge is 0.256 e. The van der Waals surface area contributed by atoms with Gasteiger partial charge in [-0.25, -0.2) is 13.2 Å². The molecule has 0 bridgehead atoms. The Hall–Kier alpha value is -2.35. The molecule has 132 valence electrons. The molecule has 2 aromatic heterocycles. The third-order valence-electron chi connectivity index (χ3n) is 3.89. The maximum absolute atomic E-state index is 14.0. The summed E-state index contributed by atoms with van der Waals surface area (Å²) in [5, 5.41) is 7.48. The number of nitrogens with zero attached hydrogens (tertiary/aromatic N) is 4. The van der Waals surface area contributed by atoms with Crippen molar-refractivity contribution in [3.05, 3.63) is 40.8 Å². The monoisotopic (exact) mass is 369 g/mol. The van der Waals surface area contributed by atoms with E-state index in [1.807, 2.05) is 20.8 Å². The van der Waals surface area contributed by atoms with E-state index in [2.05, 4.69) is 20.4 Å². The number of nitrogens with one attached hydrogen (secondary N) is 1. The largest absolute Gasteiger partial charge is 0.367 e. The van der Waals surface area contributed by atoms with Gasteiger partial charge >= 0.3 is 0 Å². The van der Waals surface area contributed by atoms with Gasteiger partial charge in [0, 0.05) is 24.2 Å². The highest BCUT2D eigenvalue weighted by Crippen LogP contribution is 2.26. The molecule has 1 aromatic carbocycles. The standard InChI is InChI=1S/C16H15ClF3N5/c1-7(2)8(3)21-13-6-12(17)22-16-23-15(24-25(13)16)14-10(19)4-9(18)5-11(14)20/h4-8,21H,1-3H3/t8-/m1/s1. The van der Waals surface area contributed by atoms with Gasteiger partial charge in [0.1, 0.15) is 28.4 Å². The van der Waals surface area contributed by atoms with Crippen LogP contribution >= 0.6 is 11.6 Å². The summed E-state index contributed by atoms with van der Waals surface area (Å²) >= 11 is 6.00. The maximum Gasteiger partial charge on any atom is 0.256 e. The van der Waals surface area contributed by atoms with Crippen molar-refractivity contribution in [3.63, 3.8) is 0 Å². The van der Waals surface area contributed by atoms with Gasteiger partial charge in [-0.3, -0.25) is 0 Å². The number of aromatic nitrogens is 4. The molecule has 2 heterocycles. The first-order valence-electron chi connectivity index (χ1n) is 7.61. The van der Waals surface area contributed by atoms with E-state index in [1.165, 1.54) is 4.52 Å². The third-order valence-corrected chi connectivity index (χ3v) is 4.08. The van der Waals surface area contributed by atoms with Crippen LogP contribution in [0.15, 0.2) is 18.2 Å². The minimum Gasteiger partial charge on any atom is -0.367 e. The van der Waals surface area contributed by atoms with Crippen molar-refractivity contribution in [3.8, 4) is 11.4 Å². The second-order valence-electron chi connectivity index (χ2n) is 6.03. The van der Waals surface area contributed by atoms with E-state index in [0.29, 0.717) is 23.9 Å². The summed E-state index contributed by atoms with van der Waals surface area (Å²) in [6.45, 7) is 6.05.